The van der Waals surface area contributed by atoms with Crippen LogP contribution in [0.1, 0.15) is 16.1 Å². The minimum absolute atomic E-state index is 0.167. The summed E-state index contributed by atoms with van der Waals surface area (Å²) >= 11 is 0. The van der Waals surface area contributed by atoms with E-state index in [9.17, 15) is 9.18 Å². The van der Waals surface area contributed by atoms with E-state index in [1.807, 2.05) is 30.3 Å². The van der Waals surface area contributed by atoms with Crippen LogP contribution >= 0.6 is 0 Å². The molecule has 3 aromatic rings. The van der Waals surface area contributed by atoms with Crippen LogP contribution in [-0.2, 0) is 13.2 Å². The van der Waals surface area contributed by atoms with Crippen molar-refractivity contribution in [1.82, 2.24) is 9.78 Å². The molecule has 0 spiro atoms. The maximum atomic E-state index is 13.1. The molecule has 0 aliphatic carbocycles. The van der Waals surface area contributed by atoms with Gasteiger partial charge < -0.3 is 9.64 Å². The van der Waals surface area contributed by atoms with Crippen LogP contribution in [0.5, 0.6) is 5.88 Å². The number of hydrogen-bond acceptors (Lipinski definition) is 3. The third-order valence-electron chi connectivity index (χ3n) is 4.13. The fraction of sp³-hybridized carbons (Fsp3) is 0.158. The third-order valence-corrected chi connectivity index (χ3v) is 4.13. The zero-order valence-electron chi connectivity index (χ0n) is 13.4. The summed E-state index contributed by atoms with van der Waals surface area (Å²) in [5.74, 6) is -0.0667. The van der Waals surface area contributed by atoms with Crippen LogP contribution < -0.4 is 9.64 Å². The normalized spacial score (nSPS) is 13.6. The van der Waals surface area contributed by atoms with E-state index in [1.54, 1.807) is 27.8 Å². The maximum Gasteiger partial charge on any atom is 0.276 e. The number of anilines is 1. The Hall–Kier alpha value is -3.15. The summed E-state index contributed by atoms with van der Waals surface area (Å²) in [5.41, 5.74) is 2.18. The predicted molar refractivity (Wildman–Crippen MR) is 91.1 cm³/mol. The number of amides is 1. The van der Waals surface area contributed by atoms with E-state index in [0.29, 0.717) is 37.0 Å². The van der Waals surface area contributed by atoms with E-state index < -0.39 is 0 Å². The van der Waals surface area contributed by atoms with Crippen LogP contribution in [0.4, 0.5) is 10.1 Å². The van der Waals surface area contributed by atoms with Crippen molar-refractivity contribution in [3.63, 3.8) is 0 Å². The Morgan fingerprint density at radius 1 is 1.04 bits per heavy atom. The van der Waals surface area contributed by atoms with Crippen LogP contribution in [0.15, 0.2) is 60.7 Å². The number of aromatic nitrogens is 2. The van der Waals surface area contributed by atoms with Gasteiger partial charge in [0.1, 0.15) is 18.1 Å². The first-order valence-electron chi connectivity index (χ1n) is 8.03. The molecule has 126 valence electrons. The van der Waals surface area contributed by atoms with Crippen molar-refractivity contribution >= 4 is 11.6 Å². The monoisotopic (exact) mass is 337 g/mol. The highest BCUT2D eigenvalue weighted by Crippen LogP contribution is 2.24. The van der Waals surface area contributed by atoms with Crippen molar-refractivity contribution in [3.05, 3.63) is 77.7 Å². The van der Waals surface area contributed by atoms with Gasteiger partial charge in [-0.2, -0.15) is 0 Å². The van der Waals surface area contributed by atoms with Gasteiger partial charge in [-0.25, -0.2) is 4.39 Å². The molecule has 25 heavy (non-hydrogen) atoms. The summed E-state index contributed by atoms with van der Waals surface area (Å²) in [4.78, 5) is 14.3. The average molecular weight is 337 g/mol. The van der Waals surface area contributed by atoms with Gasteiger partial charge in [-0.05, 0) is 29.8 Å². The molecular formula is C19H16FN3O2. The second kappa shape index (κ2) is 6.39. The largest absolute Gasteiger partial charge is 0.472 e. The van der Waals surface area contributed by atoms with Gasteiger partial charge in [0.05, 0.1) is 6.54 Å². The molecule has 0 saturated carbocycles. The molecule has 0 radical (unpaired) electrons. The van der Waals surface area contributed by atoms with Crippen molar-refractivity contribution in [2.45, 2.75) is 13.2 Å². The van der Waals surface area contributed by atoms with Gasteiger partial charge in [0.15, 0.2) is 0 Å². The molecule has 0 bridgehead atoms. The molecular weight excluding hydrogens is 321 g/mol. The van der Waals surface area contributed by atoms with E-state index >= 15 is 0 Å². The van der Waals surface area contributed by atoms with Crippen molar-refractivity contribution < 1.29 is 13.9 Å². The summed E-state index contributed by atoms with van der Waals surface area (Å²) < 4.78 is 20.4. The van der Waals surface area contributed by atoms with Crippen LogP contribution in [0.3, 0.4) is 0 Å². The number of fused-ring (bicyclic) bond motifs is 1. The Bertz CT molecular complexity index is 891. The molecule has 0 atom stereocenters. The van der Waals surface area contributed by atoms with Gasteiger partial charge in [0.25, 0.3) is 5.91 Å². The highest BCUT2D eigenvalue weighted by Gasteiger charge is 2.27. The first kappa shape index (κ1) is 15.4. The number of carbonyl (C=O) groups is 1. The van der Waals surface area contributed by atoms with E-state index in [0.717, 1.165) is 5.56 Å². The van der Waals surface area contributed by atoms with Crippen LogP contribution in [0.2, 0.25) is 0 Å². The number of halogens is 1. The van der Waals surface area contributed by atoms with Crippen molar-refractivity contribution in [3.8, 4) is 5.88 Å². The minimum atomic E-state index is -0.324. The first-order chi connectivity index (χ1) is 12.2. The fourth-order valence-electron chi connectivity index (χ4n) is 2.84. The lowest BCUT2D eigenvalue weighted by Gasteiger charge is -2.27. The van der Waals surface area contributed by atoms with Gasteiger partial charge in [0.2, 0.25) is 5.88 Å². The Labute approximate surface area is 144 Å². The van der Waals surface area contributed by atoms with Crippen LogP contribution in [0, 0.1) is 5.82 Å². The lowest BCUT2D eigenvalue weighted by Crippen LogP contribution is -2.40. The van der Waals surface area contributed by atoms with E-state index in [1.165, 1.54) is 12.1 Å². The number of benzene rings is 2. The third kappa shape index (κ3) is 3.10. The number of rotatable bonds is 4. The molecule has 1 amide bonds. The highest BCUT2D eigenvalue weighted by molar-refractivity contribution is 6.05. The van der Waals surface area contributed by atoms with E-state index in [2.05, 4.69) is 5.10 Å². The fourth-order valence-corrected chi connectivity index (χ4v) is 2.84. The number of ether oxygens (including phenoxy) is 1. The van der Waals surface area contributed by atoms with Crippen LogP contribution in [0.25, 0.3) is 0 Å². The summed E-state index contributed by atoms with van der Waals surface area (Å²) in [6.45, 7) is 1.44. The summed E-state index contributed by atoms with van der Waals surface area (Å²) in [6, 6.07) is 17.3. The molecule has 6 heteroatoms. The smallest absolute Gasteiger partial charge is 0.276 e. The molecule has 0 N–H and O–H groups in total. The molecule has 0 fully saturated rings. The average Bonchev–Trinajstić information content (AvgIpc) is 3.06. The molecule has 0 saturated heterocycles. The second-order valence-corrected chi connectivity index (χ2v) is 5.80. The highest BCUT2D eigenvalue weighted by atomic mass is 19.1. The van der Waals surface area contributed by atoms with E-state index in [-0.39, 0.29) is 11.7 Å². The quantitative estimate of drug-likeness (QED) is 0.734. The second-order valence-electron chi connectivity index (χ2n) is 5.80. The Kier molecular flexibility index (Phi) is 3.93. The van der Waals surface area contributed by atoms with Crippen molar-refractivity contribution in [2.75, 3.05) is 11.4 Å². The lowest BCUT2D eigenvalue weighted by molar-refractivity contribution is 0.0962. The van der Waals surface area contributed by atoms with Gasteiger partial charge in [-0.3, -0.25) is 9.48 Å². The molecule has 2 aromatic carbocycles. The molecule has 1 aromatic heterocycles. The molecule has 1 aliphatic rings. The SMILES string of the molecule is O=C1c2cc(OCc3ccccc3)nn2CCN1c1ccc(F)cc1. The van der Waals surface area contributed by atoms with E-state index in [4.69, 9.17) is 4.74 Å². The molecule has 2 heterocycles. The Morgan fingerprint density at radius 2 is 1.80 bits per heavy atom. The van der Waals surface area contributed by atoms with Crippen molar-refractivity contribution in [2.24, 2.45) is 0 Å². The molecule has 5 nitrogen and oxygen atoms in total. The van der Waals surface area contributed by atoms with Crippen LogP contribution in [-0.4, -0.2) is 22.2 Å². The standard InChI is InChI=1S/C19H16FN3O2/c20-15-6-8-16(9-7-15)22-10-11-23-17(19(22)24)12-18(21-23)25-13-14-4-2-1-3-5-14/h1-9,12H,10-11,13H2. The number of hydrogen-bond donors (Lipinski definition) is 0. The molecule has 0 unspecified atom stereocenters. The maximum absolute atomic E-state index is 13.1. The zero-order chi connectivity index (χ0) is 17.2. The summed E-state index contributed by atoms with van der Waals surface area (Å²) in [5, 5.41) is 4.35. The number of nitrogens with zero attached hydrogens (tertiary/aromatic N) is 3. The van der Waals surface area contributed by atoms with Gasteiger partial charge in [-0.15, -0.1) is 5.10 Å². The van der Waals surface area contributed by atoms with Gasteiger partial charge >= 0.3 is 0 Å². The zero-order valence-corrected chi connectivity index (χ0v) is 13.4. The predicted octanol–water partition coefficient (Wildman–Crippen LogP) is 3.26. The lowest BCUT2D eigenvalue weighted by atomic mass is 10.2. The summed E-state index contributed by atoms with van der Waals surface area (Å²) in [7, 11) is 0. The first-order valence-corrected chi connectivity index (χ1v) is 8.03. The molecule has 1 aliphatic heterocycles. The van der Waals surface area contributed by atoms with Crippen molar-refractivity contribution in [1.29, 1.82) is 0 Å². The van der Waals surface area contributed by atoms with Gasteiger partial charge in [0, 0.05) is 18.3 Å². The van der Waals surface area contributed by atoms with Gasteiger partial charge in [-0.1, -0.05) is 30.3 Å². The molecule has 4 rings (SSSR count). The summed E-state index contributed by atoms with van der Waals surface area (Å²) in [6.07, 6.45) is 0. The minimum Gasteiger partial charge on any atom is -0.472 e. The Morgan fingerprint density at radius 3 is 2.56 bits per heavy atom. The number of carbonyl (C=O) groups excluding carboxylic acids is 1. The Balaban J connectivity index is 1.51. The topological polar surface area (TPSA) is 47.4 Å².